The summed E-state index contributed by atoms with van der Waals surface area (Å²) in [4.78, 5) is 22.4. The number of carbonyl (C=O) groups excluding carboxylic acids is 1. The second-order valence-corrected chi connectivity index (χ2v) is 5.02. The van der Waals surface area contributed by atoms with E-state index in [0.717, 1.165) is 16.5 Å². The van der Waals surface area contributed by atoms with Crippen LogP contribution in [0.25, 0.3) is 22.0 Å². The first kappa shape index (κ1) is 14.7. The minimum atomic E-state index is -0.617. The number of carbonyl (C=O) groups is 1. The average Bonchev–Trinajstić information content (AvgIpc) is 2.94. The molecule has 0 unspecified atom stereocenters. The standard InChI is InChI=1S/C16H13N3O4/c1-18-15-7-10(3-4-11(15)9-17-18)13-6-5-12(19(21)22)8-14(13)16(20)23-2/h3-9H,1-2H3. The topological polar surface area (TPSA) is 87.3 Å². The molecule has 23 heavy (non-hydrogen) atoms. The normalized spacial score (nSPS) is 10.7. The number of nitro groups is 1. The van der Waals surface area contributed by atoms with Gasteiger partial charge in [-0.3, -0.25) is 14.8 Å². The van der Waals surface area contributed by atoms with Gasteiger partial charge in [-0.1, -0.05) is 12.1 Å². The molecule has 0 radical (unpaired) electrons. The zero-order valence-corrected chi connectivity index (χ0v) is 12.5. The molecule has 0 aliphatic rings. The first-order chi connectivity index (χ1) is 11.0. The molecular formula is C16H13N3O4. The van der Waals surface area contributed by atoms with Gasteiger partial charge < -0.3 is 4.74 Å². The predicted molar refractivity (Wildman–Crippen MR) is 84.1 cm³/mol. The van der Waals surface area contributed by atoms with E-state index in [2.05, 4.69) is 5.10 Å². The SMILES string of the molecule is COC(=O)c1cc([N+](=O)[O-])ccc1-c1ccc2cnn(C)c2c1. The van der Waals surface area contributed by atoms with Crippen LogP contribution < -0.4 is 0 Å². The lowest BCUT2D eigenvalue weighted by Gasteiger charge is -2.09. The molecule has 116 valence electrons. The quantitative estimate of drug-likeness (QED) is 0.421. The minimum Gasteiger partial charge on any atom is -0.465 e. The lowest BCUT2D eigenvalue weighted by Crippen LogP contribution is -2.04. The van der Waals surface area contributed by atoms with E-state index in [-0.39, 0.29) is 11.3 Å². The summed E-state index contributed by atoms with van der Waals surface area (Å²) in [5, 5.41) is 16.1. The lowest BCUT2D eigenvalue weighted by atomic mass is 9.98. The van der Waals surface area contributed by atoms with E-state index in [1.165, 1.54) is 19.2 Å². The highest BCUT2D eigenvalue weighted by atomic mass is 16.6. The summed E-state index contributed by atoms with van der Waals surface area (Å²) < 4.78 is 6.47. The smallest absolute Gasteiger partial charge is 0.338 e. The summed E-state index contributed by atoms with van der Waals surface area (Å²) in [5.41, 5.74) is 2.23. The van der Waals surface area contributed by atoms with Crippen molar-refractivity contribution in [2.45, 2.75) is 0 Å². The molecule has 0 fully saturated rings. The Bertz CT molecular complexity index is 930. The maximum atomic E-state index is 12.0. The number of benzene rings is 2. The second kappa shape index (κ2) is 5.53. The fraction of sp³-hybridized carbons (Fsp3) is 0.125. The van der Waals surface area contributed by atoms with Gasteiger partial charge in [0, 0.05) is 24.6 Å². The van der Waals surface area contributed by atoms with Crippen LogP contribution in [0.1, 0.15) is 10.4 Å². The van der Waals surface area contributed by atoms with Crippen molar-refractivity contribution in [1.82, 2.24) is 9.78 Å². The van der Waals surface area contributed by atoms with E-state index >= 15 is 0 Å². The van der Waals surface area contributed by atoms with Gasteiger partial charge in [0.15, 0.2) is 0 Å². The third-order valence-electron chi connectivity index (χ3n) is 3.68. The van der Waals surface area contributed by atoms with E-state index in [4.69, 9.17) is 4.74 Å². The molecule has 0 saturated carbocycles. The Morgan fingerprint density at radius 3 is 2.74 bits per heavy atom. The van der Waals surface area contributed by atoms with E-state index in [1.807, 2.05) is 25.2 Å². The molecule has 0 aliphatic heterocycles. The van der Waals surface area contributed by atoms with Crippen molar-refractivity contribution in [3.8, 4) is 11.1 Å². The van der Waals surface area contributed by atoms with Crippen LogP contribution >= 0.6 is 0 Å². The molecule has 7 heteroatoms. The highest BCUT2D eigenvalue weighted by Crippen LogP contribution is 2.30. The lowest BCUT2D eigenvalue weighted by molar-refractivity contribution is -0.384. The fourth-order valence-corrected chi connectivity index (χ4v) is 2.49. The third-order valence-corrected chi connectivity index (χ3v) is 3.68. The third kappa shape index (κ3) is 2.52. The average molecular weight is 311 g/mol. The van der Waals surface area contributed by atoms with Crippen LogP contribution in [0.3, 0.4) is 0 Å². The van der Waals surface area contributed by atoms with Crippen molar-refractivity contribution in [3.05, 3.63) is 58.3 Å². The van der Waals surface area contributed by atoms with Gasteiger partial charge >= 0.3 is 5.97 Å². The van der Waals surface area contributed by atoms with Gasteiger partial charge in [0.1, 0.15) is 0 Å². The van der Waals surface area contributed by atoms with Crippen LogP contribution in [0.5, 0.6) is 0 Å². The number of nitro benzene ring substituents is 1. The van der Waals surface area contributed by atoms with Gasteiger partial charge in [0.05, 0.1) is 29.3 Å². The molecule has 3 rings (SSSR count). The summed E-state index contributed by atoms with van der Waals surface area (Å²) in [6.07, 6.45) is 1.75. The Morgan fingerprint density at radius 1 is 1.26 bits per heavy atom. The molecule has 3 aromatic rings. The Kier molecular flexibility index (Phi) is 3.53. The van der Waals surface area contributed by atoms with Gasteiger partial charge in [-0.25, -0.2) is 4.79 Å². The molecule has 0 spiro atoms. The molecule has 0 bridgehead atoms. The fourth-order valence-electron chi connectivity index (χ4n) is 2.49. The number of ether oxygens (including phenoxy) is 1. The zero-order valence-electron chi connectivity index (χ0n) is 12.5. The van der Waals surface area contributed by atoms with Crippen LogP contribution in [-0.2, 0) is 11.8 Å². The number of methoxy groups -OCH3 is 1. The summed E-state index contributed by atoms with van der Waals surface area (Å²) >= 11 is 0. The van der Waals surface area contributed by atoms with Crippen LogP contribution in [-0.4, -0.2) is 27.8 Å². The van der Waals surface area contributed by atoms with Gasteiger partial charge in [0.25, 0.3) is 5.69 Å². The van der Waals surface area contributed by atoms with E-state index in [0.29, 0.717) is 5.56 Å². The Morgan fingerprint density at radius 2 is 2.04 bits per heavy atom. The van der Waals surface area contributed by atoms with Crippen LogP contribution in [0.2, 0.25) is 0 Å². The van der Waals surface area contributed by atoms with E-state index < -0.39 is 10.9 Å². The molecular weight excluding hydrogens is 298 g/mol. The van der Waals surface area contributed by atoms with Gasteiger partial charge in [-0.2, -0.15) is 5.10 Å². The van der Waals surface area contributed by atoms with Crippen LogP contribution in [0.15, 0.2) is 42.6 Å². The molecule has 0 amide bonds. The number of aromatic nitrogens is 2. The van der Waals surface area contributed by atoms with Crippen molar-refractivity contribution in [1.29, 1.82) is 0 Å². The number of non-ortho nitro benzene ring substituents is 1. The highest BCUT2D eigenvalue weighted by Gasteiger charge is 2.18. The van der Waals surface area contributed by atoms with Gasteiger partial charge in [-0.15, -0.1) is 0 Å². The van der Waals surface area contributed by atoms with Crippen LogP contribution in [0, 0.1) is 10.1 Å². The monoisotopic (exact) mass is 311 g/mol. The molecule has 0 atom stereocenters. The first-order valence-corrected chi connectivity index (χ1v) is 6.80. The summed E-state index contributed by atoms with van der Waals surface area (Å²) in [6.45, 7) is 0. The molecule has 0 saturated heterocycles. The Labute approximate surface area is 131 Å². The van der Waals surface area contributed by atoms with E-state index in [9.17, 15) is 14.9 Å². The number of rotatable bonds is 3. The Balaban J connectivity index is 2.21. The van der Waals surface area contributed by atoms with E-state index in [1.54, 1.807) is 16.9 Å². The zero-order chi connectivity index (χ0) is 16.6. The molecule has 7 nitrogen and oxygen atoms in total. The van der Waals surface area contributed by atoms with Crippen molar-refractivity contribution < 1.29 is 14.5 Å². The first-order valence-electron chi connectivity index (χ1n) is 6.80. The molecule has 0 aliphatic carbocycles. The number of esters is 1. The highest BCUT2D eigenvalue weighted by molar-refractivity contribution is 5.99. The molecule has 2 aromatic carbocycles. The molecule has 1 aromatic heterocycles. The molecule has 0 N–H and O–H groups in total. The van der Waals surface area contributed by atoms with Gasteiger partial charge in [0.2, 0.25) is 0 Å². The molecule has 1 heterocycles. The van der Waals surface area contributed by atoms with Gasteiger partial charge in [-0.05, 0) is 23.3 Å². The second-order valence-electron chi connectivity index (χ2n) is 5.02. The predicted octanol–water partition coefficient (Wildman–Crippen LogP) is 2.94. The van der Waals surface area contributed by atoms with Crippen molar-refractivity contribution >= 4 is 22.6 Å². The number of fused-ring (bicyclic) bond motifs is 1. The maximum Gasteiger partial charge on any atom is 0.338 e. The number of nitrogens with zero attached hydrogens (tertiary/aromatic N) is 3. The number of hydrogen-bond donors (Lipinski definition) is 0. The minimum absolute atomic E-state index is 0.156. The summed E-state index contributed by atoms with van der Waals surface area (Å²) in [5.74, 6) is -0.617. The maximum absolute atomic E-state index is 12.0. The van der Waals surface area contributed by atoms with Crippen molar-refractivity contribution in [3.63, 3.8) is 0 Å². The largest absolute Gasteiger partial charge is 0.465 e. The number of hydrogen-bond acceptors (Lipinski definition) is 5. The Hall–Kier alpha value is -3.22. The number of aryl methyl sites for hydroxylation is 1. The van der Waals surface area contributed by atoms with Crippen molar-refractivity contribution in [2.75, 3.05) is 7.11 Å². The summed E-state index contributed by atoms with van der Waals surface area (Å²) in [7, 11) is 3.07. The van der Waals surface area contributed by atoms with Crippen molar-refractivity contribution in [2.24, 2.45) is 7.05 Å². The summed E-state index contributed by atoms with van der Waals surface area (Å²) in [6, 6.07) is 9.78. The van der Waals surface area contributed by atoms with Crippen LogP contribution in [0.4, 0.5) is 5.69 Å².